The Morgan fingerprint density at radius 2 is 1.86 bits per heavy atom. The van der Waals surface area contributed by atoms with Gasteiger partial charge in [-0.2, -0.15) is 0 Å². The molecular weight excluding hydrogens is 356 g/mol. The minimum atomic E-state index is -0.687. The highest BCUT2D eigenvalue weighted by Gasteiger charge is 2.15. The second-order valence-corrected chi connectivity index (χ2v) is 5.78. The van der Waals surface area contributed by atoms with Gasteiger partial charge in [0.1, 0.15) is 0 Å². The number of aliphatic hydroxyl groups excluding tert-OH is 1. The van der Waals surface area contributed by atoms with Crippen molar-refractivity contribution in [2.45, 2.75) is 12.5 Å². The molecule has 2 rings (SSSR count). The molecule has 0 aromatic heterocycles. The van der Waals surface area contributed by atoms with Gasteiger partial charge in [0.05, 0.1) is 25.3 Å². The first-order valence-corrected chi connectivity index (χ1v) is 7.56. The van der Waals surface area contributed by atoms with Gasteiger partial charge < -0.3 is 14.6 Å². The van der Waals surface area contributed by atoms with E-state index in [2.05, 4.69) is 15.9 Å². The molecule has 0 aliphatic carbocycles. The van der Waals surface area contributed by atoms with Gasteiger partial charge in [0.15, 0.2) is 11.5 Å². The molecule has 2 aromatic carbocycles. The lowest BCUT2D eigenvalue weighted by Gasteiger charge is -2.15. The minimum absolute atomic E-state index is 0.441. The lowest BCUT2D eigenvalue weighted by Crippen LogP contribution is -2.03. The maximum Gasteiger partial charge on any atom is 0.160 e. The summed E-state index contributed by atoms with van der Waals surface area (Å²) >= 11 is 9.57. The SMILES string of the molecule is COc1ccc(CC(O)c2cccc(Br)c2Cl)cc1OC. The zero-order valence-electron chi connectivity index (χ0n) is 11.8. The molecule has 1 unspecified atom stereocenters. The highest BCUT2D eigenvalue weighted by molar-refractivity contribution is 9.10. The van der Waals surface area contributed by atoms with Crippen molar-refractivity contribution >= 4 is 27.5 Å². The summed E-state index contributed by atoms with van der Waals surface area (Å²) in [6.45, 7) is 0. The molecule has 3 nitrogen and oxygen atoms in total. The van der Waals surface area contributed by atoms with E-state index in [1.54, 1.807) is 14.2 Å². The van der Waals surface area contributed by atoms with Gasteiger partial charge in [-0.05, 0) is 39.7 Å². The lowest BCUT2D eigenvalue weighted by molar-refractivity contribution is 0.178. The van der Waals surface area contributed by atoms with Crippen LogP contribution in [0.5, 0.6) is 11.5 Å². The van der Waals surface area contributed by atoms with E-state index in [1.807, 2.05) is 36.4 Å². The van der Waals surface area contributed by atoms with Crippen molar-refractivity contribution in [2.75, 3.05) is 14.2 Å². The largest absolute Gasteiger partial charge is 0.493 e. The molecule has 1 N–H and O–H groups in total. The van der Waals surface area contributed by atoms with Crippen molar-refractivity contribution in [1.29, 1.82) is 0 Å². The van der Waals surface area contributed by atoms with Crippen LogP contribution in [0.1, 0.15) is 17.2 Å². The highest BCUT2D eigenvalue weighted by Crippen LogP contribution is 2.33. The van der Waals surface area contributed by atoms with E-state index in [0.29, 0.717) is 28.5 Å². The van der Waals surface area contributed by atoms with Crippen LogP contribution in [-0.4, -0.2) is 19.3 Å². The summed E-state index contributed by atoms with van der Waals surface area (Å²) in [5, 5.41) is 10.9. The van der Waals surface area contributed by atoms with Crippen LogP contribution >= 0.6 is 27.5 Å². The first-order chi connectivity index (χ1) is 10.1. The fourth-order valence-electron chi connectivity index (χ4n) is 2.12. The standard InChI is InChI=1S/C16H16BrClO3/c1-20-14-7-6-10(9-15(14)21-2)8-13(19)11-4-3-5-12(17)16(11)18/h3-7,9,13,19H,8H2,1-2H3. The van der Waals surface area contributed by atoms with Crippen LogP contribution in [0.4, 0.5) is 0 Å². The molecule has 0 spiro atoms. The van der Waals surface area contributed by atoms with E-state index in [1.165, 1.54) is 0 Å². The molecule has 0 amide bonds. The van der Waals surface area contributed by atoms with E-state index in [4.69, 9.17) is 21.1 Å². The summed E-state index contributed by atoms with van der Waals surface area (Å²) < 4.78 is 11.2. The molecule has 1 atom stereocenters. The van der Waals surface area contributed by atoms with Crippen LogP contribution < -0.4 is 9.47 Å². The number of hydrogen-bond acceptors (Lipinski definition) is 3. The van der Waals surface area contributed by atoms with Gasteiger partial charge in [-0.3, -0.25) is 0 Å². The monoisotopic (exact) mass is 370 g/mol. The van der Waals surface area contributed by atoms with E-state index in [-0.39, 0.29) is 0 Å². The predicted octanol–water partition coefficient (Wildman–Crippen LogP) is 4.40. The normalized spacial score (nSPS) is 12.0. The third-order valence-electron chi connectivity index (χ3n) is 3.22. The summed E-state index contributed by atoms with van der Waals surface area (Å²) in [6, 6.07) is 11.1. The van der Waals surface area contributed by atoms with Crippen molar-refractivity contribution in [3.8, 4) is 11.5 Å². The Morgan fingerprint density at radius 1 is 1.14 bits per heavy atom. The van der Waals surface area contributed by atoms with Crippen LogP contribution in [0.15, 0.2) is 40.9 Å². The van der Waals surface area contributed by atoms with Crippen molar-refractivity contribution in [3.63, 3.8) is 0 Å². The summed E-state index contributed by atoms with van der Waals surface area (Å²) in [6.07, 6.45) is -0.246. The van der Waals surface area contributed by atoms with Gasteiger partial charge in [-0.15, -0.1) is 0 Å². The molecule has 2 aromatic rings. The average Bonchev–Trinajstić information content (AvgIpc) is 2.49. The summed E-state index contributed by atoms with van der Waals surface area (Å²) in [4.78, 5) is 0. The van der Waals surface area contributed by atoms with Gasteiger partial charge in [-0.1, -0.05) is 29.8 Å². The molecule has 0 radical (unpaired) electrons. The van der Waals surface area contributed by atoms with Crippen LogP contribution in [-0.2, 0) is 6.42 Å². The third-order valence-corrected chi connectivity index (χ3v) is 4.53. The summed E-state index contributed by atoms with van der Waals surface area (Å²) in [7, 11) is 3.18. The number of benzene rings is 2. The molecule has 0 saturated carbocycles. The first-order valence-electron chi connectivity index (χ1n) is 6.39. The highest BCUT2D eigenvalue weighted by atomic mass is 79.9. The Kier molecular flexibility index (Phi) is 5.51. The molecule has 5 heteroatoms. The van der Waals surface area contributed by atoms with E-state index in [9.17, 15) is 5.11 Å². The number of aliphatic hydroxyl groups is 1. The number of halogens is 2. The Balaban J connectivity index is 2.23. The van der Waals surface area contributed by atoms with Crippen LogP contribution in [0.25, 0.3) is 0 Å². The predicted molar refractivity (Wildman–Crippen MR) is 87.4 cm³/mol. The fraction of sp³-hybridized carbons (Fsp3) is 0.250. The van der Waals surface area contributed by atoms with Crippen LogP contribution in [0.2, 0.25) is 5.02 Å². The first kappa shape index (κ1) is 16.1. The Bertz CT molecular complexity index is 631. The molecule has 0 bridgehead atoms. The third kappa shape index (κ3) is 3.70. The molecule has 112 valence electrons. The lowest BCUT2D eigenvalue weighted by atomic mass is 10.0. The smallest absolute Gasteiger partial charge is 0.160 e. The second kappa shape index (κ2) is 7.16. The zero-order valence-corrected chi connectivity index (χ0v) is 14.1. The second-order valence-electron chi connectivity index (χ2n) is 4.55. The zero-order chi connectivity index (χ0) is 15.4. The quantitative estimate of drug-likeness (QED) is 0.847. The molecule has 21 heavy (non-hydrogen) atoms. The average molecular weight is 372 g/mol. The van der Waals surface area contributed by atoms with Gasteiger partial charge in [-0.25, -0.2) is 0 Å². The maximum atomic E-state index is 10.4. The number of ether oxygens (including phenoxy) is 2. The van der Waals surface area contributed by atoms with Crippen molar-refractivity contribution in [1.82, 2.24) is 0 Å². The van der Waals surface area contributed by atoms with E-state index >= 15 is 0 Å². The minimum Gasteiger partial charge on any atom is -0.493 e. The Labute approximate surface area is 137 Å². The Hall–Kier alpha value is -1.23. The molecule has 0 heterocycles. The van der Waals surface area contributed by atoms with Crippen molar-refractivity contribution < 1.29 is 14.6 Å². The van der Waals surface area contributed by atoms with Gasteiger partial charge in [0.2, 0.25) is 0 Å². The number of hydrogen-bond donors (Lipinski definition) is 1. The number of rotatable bonds is 5. The fourth-order valence-corrected chi connectivity index (χ4v) is 2.75. The molecule has 0 aliphatic heterocycles. The van der Waals surface area contributed by atoms with E-state index < -0.39 is 6.10 Å². The summed E-state index contributed by atoms with van der Waals surface area (Å²) in [5.74, 6) is 1.30. The Morgan fingerprint density at radius 3 is 2.52 bits per heavy atom. The van der Waals surface area contributed by atoms with Crippen LogP contribution in [0, 0.1) is 0 Å². The van der Waals surface area contributed by atoms with Crippen LogP contribution in [0.3, 0.4) is 0 Å². The van der Waals surface area contributed by atoms with Crippen molar-refractivity contribution in [2.24, 2.45) is 0 Å². The summed E-state index contributed by atoms with van der Waals surface area (Å²) in [5.41, 5.74) is 1.64. The molecule has 0 saturated heterocycles. The van der Waals surface area contributed by atoms with Gasteiger partial charge in [0, 0.05) is 16.5 Å². The molecule has 0 fully saturated rings. The van der Waals surface area contributed by atoms with Gasteiger partial charge in [0.25, 0.3) is 0 Å². The molecule has 0 aliphatic rings. The topological polar surface area (TPSA) is 38.7 Å². The number of methoxy groups -OCH3 is 2. The van der Waals surface area contributed by atoms with Gasteiger partial charge >= 0.3 is 0 Å². The maximum absolute atomic E-state index is 10.4. The van der Waals surface area contributed by atoms with E-state index in [0.717, 1.165) is 10.0 Å². The molecular formula is C16H16BrClO3. The van der Waals surface area contributed by atoms with Crippen molar-refractivity contribution in [3.05, 3.63) is 57.0 Å².